The molecular formula is C20H26O2. The van der Waals surface area contributed by atoms with Gasteiger partial charge in [0.25, 0.3) is 0 Å². The number of ketones is 1. The molecule has 2 fully saturated rings. The maximum absolute atomic E-state index is 12.7. The number of aliphatic hydroxyl groups excluding tert-OH is 1. The monoisotopic (exact) mass is 298 g/mol. The molecule has 2 saturated carbocycles. The van der Waals surface area contributed by atoms with Crippen molar-refractivity contribution in [1.82, 2.24) is 0 Å². The highest BCUT2D eigenvalue weighted by Crippen LogP contribution is 2.65. The minimum Gasteiger partial charge on any atom is -0.515 e. The number of carbonyl (C=O) groups is 1. The van der Waals surface area contributed by atoms with Gasteiger partial charge in [-0.15, -0.1) is 6.42 Å². The third kappa shape index (κ3) is 1.78. The van der Waals surface area contributed by atoms with Crippen molar-refractivity contribution < 1.29 is 9.90 Å². The molecule has 0 aromatic heterocycles. The zero-order valence-electron chi connectivity index (χ0n) is 13.9. The molecule has 3 atom stereocenters. The summed E-state index contributed by atoms with van der Waals surface area (Å²) in [4.78, 5) is 12.7. The summed E-state index contributed by atoms with van der Waals surface area (Å²) < 4.78 is 0. The highest BCUT2D eigenvalue weighted by molar-refractivity contribution is 6.00. The maximum atomic E-state index is 12.7. The summed E-state index contributed by atoms with van der Waals surface area (Å²) in [5, 5.41) is 9.57. The number of Topliss-reactive ketones (excluding diaryl/α,β-unsaturated/α-hetero) is 1. The normalized spacial score (nSPS) is 42.1. The van der Waals surface area contributed by atoms with E-state index in [-0.39, 0.29) is 16.6 Å². The van der Waals surface area contributed by atoms with Crippen LogP contribution in [0.1, 0.15) is 59.3 Å². The Morgan fingerprint density at radius 3 is 2.73 bits per heavy atom. The standard InChI is InChI=1S/C20H26O2/c1-5-20-10-7-6-8-16(20)19(4)12-14(13-21)17(22)18(2,3)15(19)9-11-20/h1,8,13,15,21H,6-7,9-12H2,2-4H3/b14-13+/t15-,19-,20+/m0/s1. The minimum absolute atomic E-state index is 0.0992. The number of rotatable bonds is 0. The van der Waals surface area contributed by atoms with Crippen molar-refractivity contribution in [2.45, 2.75) is 59.3 Å². The Kier molecular flexibility index (Phi) is 3.33. The predicted octanol–water partition coefficient (Wildman–Crippen LogP) is 4.57. The molecule has 3 rings (SSSR count). The molecule has 0 radical (unpaired) electrons. The molecule has 0 saturated heterocycles. The molecule has 2 heteroatoms. The first kappa shape index (κ1) is 15.4. The summed E-state index contributed by atoms with van der Waals surface area (Å²) >= 11 is 0. The molecule has 0 heterocycles. The van der Waals surface area contributed by atoms with Crippen molar-refractivity contribution in [3.05, 3.63) is 23.5 Å². The van der Waals surface area contributed by atoms with Gasteiger partial charge in [0.2, 0.25) is 0 Å². The fraction of sp³-hybridized carbons (Fsp3) is 0.650. The van der Waals surface area contributed by atoms with Gasteiger partial charge in [-0.2, -0.15) is 0 Å². The van der Waals surface area contributed by atoms with Crippen molar-refractivity contribution in [3.8, 4) is 12.3 Å². The zero-order chi connectivity index (χ0) is 16.2. The van der Waals surface area contributed by atoms with Gasteiger partial charge in [0.15, 0.2) is 5.78 Å². The molecule has 0 aliphatic heterocycles. The van der Waals surface area contributed by atoms with Crippen LogP contribution in [0, 0.1) is 34.5 Å². The van der Waals surface area contributed by atoms with Crippen LogP contribution in [0.5, 0.6) is 0 Å². The molecule has 1 N–H and O–H groups in total. The molecule has 3 aliphatic rings. The Bertz CT molecular complexity index is 616. The van der Waals surface area contributed by atoms with E-state index in [0.717, 1.165) is 38.4 Å². The van der Waals surface area contributed by atoms with Crippen LogP contribution in [0.15, 0.2) is 23.5 Å². The van der Waals surface area contributed by atoms with E-state index >= 15 is 0 Å². The lowest BCUT2D eigenvalue weighted by atomic mass is 9.43. The van der Waals surface area contributed by atoms with Crippen molar-refractivity contribution in [2.75, 3.05) is 0 Å². The van der Waals surface area contributed by atoms with Crippen molar-refractivity contribution in [1.29, 1.82) is 0 Å². The Morgan fingerprint density at radius 2 is 2.09 bits per heavy atom. The SMILES string of the molecule is C#C[C@]12CCCC=C1[C@@]1(C)C/C(=C\O)C(=O)C(C)(C)[C@@H]1CC2. The number of hydrogen-bond donors (Lipinski definition) is 1. The average Bonchev–Trinajstić information content (AvgIpc) is 2.51. The van der Waals surface area contributed by atoms with Gasteiger partial charge in [0.05, 0.1) is 11.7 Å². The summed E-state index contributed by atoms with van der Waals surface area (Å²) in [6.45, 7) is 6.33. The lowest BCUT2D eigenvalue weighted by Gasteiger charge is -2.59. The number of fused-ring (bicyclic) bond motifs is 3. The van der Waals surface area contributed by atoms with Gasteiger partial charge >= 0.3 is 0 Å². The highest BCUT2D eigenvalue weighted by Gasteiger charge is 2.60. The Morgan fingerprint density at radius 1 is 1.36 bits per heavy atom. The molecule has 0 spiro atoms. The molecule has 0 aromatic carbocycles. The van der Waals surface area contributed by atoms with E-state index in [1.807, 2.05) is 13.8 Å². The quantitative estimate of drug-likeness (QED) is 0.308. The number of allylic oxidation sites excluding steroid dienone is 3. The molecular weight excluding hydrogens is 272 g/mol. The first-order valence-corrected chi connectivity index (χ1v) is 8.39. The number of aliphatic hydroxyl groups is 1. The van der Waals surface area contributed by atoms with Crippen LogP contribution in [0.2, 0.25) is 0 Å². The zero-order valence-corrected chi connectivity index (χ0v) is 13.9. The van der Waals surface area contributed by atoms with E-state index in [0.29, 0.717) is 17.9 Å². The van der Waals surface area contributed by atoms with Crippen LogP contribution in [-0.4, -0.2) is 10.9 Å². The van der Waals surface area contributed by atoms with Gasteiger partial charge in [0.1, 0.15) is 0 Å². The Balaban J connectivity index is 2.17. The van der Waals surface area contributed by atoms with E-state index < -0.39 is 5.41 Å². The minimum atomic E-state index is -0.444. The van der Waals surface area contributed by atoms with Crippen LogP contribution in [-0.2, 0) is 4.79 Å². The highest BCUT2D eigenvalue weighted by atomic mass is 16.2. The third-order valence-corrected chi connectivity index (χ3v) is 6.65. The van der Waals surface area contributed by atoms with E-state index in [4.69, 9.17) is 6.42 Å². The van der Waals surface area contributed by atoms with Crippen LogP contribution in [0.4, 0.5) is 0 Å². The predicted molar refractivity (Wildman–Crippen MR) is 88.1 cm³/mol. The molecule has 0 amide bonds. The molecule has 118 valence electrons. The number of carbonyl (C=O) groups excluding carboxylic acids is 1. The first-order chi connectivity index (χ1) is 10.3. The largest absolute Gasteiger partial charge is 0.515 e. The second-order valence-corrected chi connectivity index (χ2v) is 8.13. The van der Waals surface area contributed by atoms with Crippen molar-refractivity contribution in [2.24, 2.45) is 22.2 Å². The molecule has 0 unspecified atom stereocenters. The van der Waals surface area contributed by atoms with Gasteiger partial charge in [-0.1, -0.05) is 32.8 Å². The molecule has 0 aromatic rings. The van der Waals surface area contributed by atoms with Gasteiger partial charge < -0.3 is 5.11 Å². The van der Waals surface area contributed by atoms with Crippen LogP contribution in [0.25, 0.3) is 0 Å². The summed E-state index contributed by atoms with van der Waals surface area (Å²) in [5.41, 5.74) is 1.24. The van der Waals surface area contributed by atoms with E-state index in [1.54, 1.807) is 0 Å². The third-order valence-electron chi connectivity index (χ3n) is 6.65. The fourth-order valence-electron chi connectivity index (χ4n) is 5.67. The summed E-state index contributed by atoms with van der Waals surface area (Å²) in [6.07, 6.45) is 15.2. The van der Waals surface area contributed by atoms with Crippen LogP contribution in [0.3, 0.4) is 0 Å². The lowest BCUT2D eigenvalue weighted by Crippen LogP contribution is -2.55. The summed E-state index contributed by atoms with van der Waals surface area (Å²) in [7, 11) is 0. The molecule has 0 bridgehead atoms. The first-order valence-electron chi connectivity index (χ1n) is 8.39. The second-order valence-electron chi connectivity index (χ2n) is 8.13. The van der Waals surface area contributed by atoms with Gasteiger partial charge in [-0.05, 0) is 55.4 Å². The van der Waals surface area contributed by atoms with Crippen LogP contribution >= 0.6 is 0 Å². The van der Waals surface area contributed by atoms with Gasteiger partial charge in [-0.3, -0.25) is 4.79 Å². The maximum Gasteiger partial charge on any atom is 0.167 e. The van der Waals surface area contributed by atoms with E-state index in [9.17, 15) is 9.90 Å². The Labute approximate surface area is 133 Å². The molecule has 3 aliphatic carbocycles. The fourth-order valence-corrected chi connectivity index (χ4v) is 5.67. The van der Waals surface area contributed by atoms with Crippen molar-refractivity contribution in [3.63, 3.8) is 0 Å². The smallest absolute Gasteiger partial charge is 0.167 e. The summed E-state index contributed by atoms with van der Waals surface area (Å²) in [6, 6.07) is 0. The number of hydrogen-bond acceptors (Lipinski definition) is 2. The van der Waals surface area contributed by atoms with Gasteiger partial charge in [0, 0.05) is 11.0 Å². The average molecular weight is 298 g/mol. The topological polar surface area (TPSA) is 37.3 Å². The Hall–Kier alpha value is -1.49. The second kappa shape index (κ2) is 4.75. The summed E-state index contributed by atoms with van der Waals surface area (Å²) in [5.74, 6) is 3.51. The molecule has 22 heavy (non-hydrogen) atoms. The molecule has 2 nitrogen and oxygen atoms in total. The van der Waals surface area contributed by atoms with E-state index in [2.05, 4.69) is 18.9 Å². The van der Waals surface area contributed by atoms with Crippen LogP contribution < -0.4 is 0 Å². The van der Waals surface area contributed by atoms with Gasteiger partial charge in [-0.25, -0.2) is 0 Å². The van der Waals surface area contributed by atoms with Crippen molar-refractivity contribution >= 4 is 5.78 Å². The number of terminal acetylenes is 1. The van der Waals surface area contributed by atoms with E-state index in [1.165, 1.54) is 5.57 Å². The lowest BCUT2D eigenvalue weighted by molar-refractivity contribution is -0.134.